The van der Waals surface area contributed by atoms with Gasteiger partial charge in [-0.1, -0.05) is 19.3 Å². The lowest BCUT2D eigenvalue weighted by Gasteiger charge is -2.19. The number of alkyl carbamates (subject to hydrolysis) is 1. The predicted molar refractivity (Wildman–Crippen MR) is 278 cm³/mol. The maximum absolute atomic E-state index is 13.2. The van der Waals surface area contributed by atoms with Gasteiger partial charge in [-0.3, -0.25) is 43.7 Å². The van der Waals surface area contributed by atoms with Crippen molar-refractivity contribution in [2.75, 3.05) is 50.3 Å². The van der Waals surface area contributed by atoms with Crippen LogP contribution in [0.15, 0.2) is 49.3 Å². The average molecular weight is 1040 g/mol. The first-order chi connectivity index (χ1) is 35.5. The van der Waals surface area contributed by atoms with E-state index in [2.05, 4.69) is 62.8 Å². The van der Waals surface area contributed by atoms with E-state index >= 15 is 0 Å². The Hall–Kier alpha value is -8.78. The number of aryl methyl sites for hydroxylation is 5. The van der Waals surface area contributed by atoms with Gasteiger partial charge in [-0.05, 0) is 33.6 Å². The predicted octanol–water partition coefficient (Wildman–Crippen LogP) is 4.09. The minimum absolute atomic E-state index is 0.0165. The summed E-state index contributed by atoms with van der Waals surface area (Å²) in [7, 11) is 8.20. The first kappa shape index (κ1) is 57.1. The van der Waals surface area contributed by atoms with E-state index in [1.54, 1.807) is 73.6 Å². The van der Waals surface area contributed by atoms with Crippen molar-refractivity contribution in [3.05, 3.63) is 61.0 Å². The molecule has 0 aliphatic rings. The van der Waals surface area contributed by atoms with E-state index in [0.717, 1.165) is 32.1 Å². The molecule has 27 nitrogen and oxygen atoms in total. The molecule has 5 aromatic heterocycles. The van der Waals surface area contributed by atoms with Crippen molar-refractivity contribution in [1.29, 1.82) is 0 Å². The zero-order valence-electron chi connectivity index (χ0n) is 43.5. The number of rotatable bonds is 26. The number of hydrogen-bond donors (Lipinski definition) is 9. The molecule has 0 atom stereocenters. The maximum atomic E-state index is 13.2. The monoisotopic (exact) mass is 1040 g/mol. The number of carbonyl (C=O) groups excluding carboxylic acids is 9. The Morgan fingerprint density at radius 3 is 1.45 bits per heavy atom. The van der Waals surface area contributed by atoms with Crippen molar-refractivity contribution >= 4 is 93.9 Å². The third-order valence-electron chi connectivity index (χ3n) is 10.9. The van der Waals surface area contributed by atoms with Crippen LogP contribution in [0.25, 0.3) is 0 Å². The molecule has 0 bridgehead atoms. The second-order valence-corrected chi connectivity index (χ2v) is 18.6. The Labute approximate surface area is 432 Å². The van der Waals surface area contributed by atoms with Crippen molar-refractivity contribution in [3.63, 3.8) is 0 Å². The van der Waals surface area contributed by atoms with Gasteiger partial charge in [-0.25, -0.2) is 14.8 Å². The van der Waals surface area contributed by atoms with Crippen molar-refractivity contribution in [3.8, 4) is 0 Å². The summed E-state index contributed by atoms with van der Waals surface area (Å²) in [6.07, 6.45) is 12.4. The van der Waals surface area contributed by atoms with Crippen LogP contribution in [0.1, 0.15) is 113 Å². The molecule has 0 aliphatic heterocycles. The van der Waals surface area contributed by atoms with Crippen LogP contribution in [0.3, 0.4) is 0 Å². The molecule has 5 heterocycles. The van der Waals surface area contributed by atoms with Crippen LogP contribution in [0, 0.1) is 0 Å². The Bertz CT molecular complexity index is 2860. The molecule has 9 amide bonds. The number of aromatic nitrogens is 8. The fourth-order valence-electron chi connectivity index (χ4n) is 7.14. The molecule has 5 rings (SSSR count). The molecular formula is C48H67N17O10. The molecule has 0 spiro atoms. The molecule has 27 heteroatoms. The molecule has 404 valence electrons. The van der Waals surface area contributed by atoms with Gasteiger partial charge in [-0.15, -0.1) is 0 Å². The zero-order chi connectivity index (χ0) is 54.8. The third-order valence-corrected chi connectivity index (χ3v) is 10.9. The number of hydrogen-bond acceptors (Lipinski definition) is 13. The summed E-state index contributed by atoms with van der Waals surface area (Å²) < 4.78 is 12.8. The molecule has 0 saturated carbocycles. The summed E-state index contributed by atoms with van der Waals surface area (Å²) in [5.41, 5.74) is 0.219. The molecule has 0 aromatic carbocycles. The van der Waals surface area contributed by atoms with Crippen molar-refractivity contribution < 1.29 is 47.9 Å². The topological polar surface area (TPSA) is 334 Å². The fourth-order valence-corrected chi connectivity index (χ4v) is 7.14. The standard InChI is InChI=1S/C48H67N17O10/c1-48(2,3)75-47(74)51-21-13-11-9-10-12-20-49-36(66)14-15-41(71)60-46-57-33(29-65(46)8)55-38(68)17-19-40(70)59-35-25-31(27-63(35)6)53-45(73)43-56-32(28-64(43)7)54-37(67)16-18-39(69)58-34-24-30(26-62(34)5)52-44(72)42-50-22-23-61(42)4/h22-29H,9-21H2,1-8H3,(H,49,66)(H,51,74)(H,52,72)(H,53,73)(H,54,67)(H,55,68)(H,58,69)(H,59,70)(H,57,60,71). The molecule has 9 N–H and O–H groups in total. The molecule has 5 aromatic rings. The summed E-state index contributed by atoms with van der Waals surface area (Å²) in [6, 6.07) is 3.09. The lowest BCUT2D eigenvalue weighted by Crippen LogP contribution is -2.32. The van der Waals surface area contributed by atoms with Crippen LogP contribution in [-0.4, -0.2) is 110 Å². The third kappa shape index (κ3) is 19.0. The quantitative estimate of drug-likeness (QED) is 0.0353. The van der Waals surface area contributed by atoms with Gasteiger partial charge in [0.25, 0.3) is 11.8 Å². The summed E-state index contributed by atoms with van der Waals surface area (Å²) >= 11 is 0. The van der Waals surface area contributed by atoms with Crippen LogP contribution in [-0.2, 0) is 68.7 Å². The number of anilines is 7. The lowest BCUT2D eigenvalue weighted by atomic mass is 10.1. The Balaban J connectivity index is 0.949. The maximum Gasteiger partial charge on any atom is 0.407 e. The highest BCUT2D eigenvalue weighted by molar-refractivity contribution is 6.04. The van der Waals surface area contributed by atoms with Gasteiger partial charge in [0.2, 0.25) is 47.2 Å². The molecule has 0 aliphatic carbocycles. The Kier molecular flexibility index (Phi) is 20.4. The van der Waals surface area contributed by atoms with E-state index in [9.17, 15) is 43.2 Å². The van der Waals surface area contributed by atoms with E-state index in [0.29, 0.717) is 36.1 Å². The summed E-state index contributed by atoms with van der Waals surface area (Å²) in [5.74, 6) is -2.42. The number of carbonyl (C=O) groups is 9. The van der Waals surface area contributed by atoms with E-state index in [4.69, 9.17) is 4.74 Å². The largest absolute Gasteiger partial charge is 0.444 e. The van der Waals surface area contributed by atoms with Crippen LogP contribution in [0.5, 0.6) is 0 Å². The number of unbranched alkanes of at least 4 members (excludes halogenated alkanes) is 4. The van der Waals surface area contributed by atoms with Crippen molar-refractivity contribution in [1.82, 2.24) is 48.4 Å². The Morgan fingerprint density at radius 1 is 0.480 bits per heavy atom. The summed E-state index contributed by atoms with van der Waals surface area (Å²) in [5, 5.41) is 24.2. The van der Waals surface area contributed by atoms with Crippen molar-refractivity contribution in [2.45, 2.75) is 97.0 Å². The highest BCUT2D eigenvalue weighted by Crippen LogP contribution is 2.21. The summed E-state index contributed by atoms with van der Waals surface area (Å²) in [6.45, 7) is 6.45. The molecular weight excluding hydrogens is 975 g/mol. The second kappa shape index (κ2) is 26.8. The van der Waals surface area contributed by atoms with Gasteiger partial charge in [-0.2, -0.15) is 4.98 Å². The normalized spacial score (nSPS) is 11.0. The van der Waals surface area contributed by atoms with Gasteiger partial charge in [0.1, 0.15) is 17.2 Å². The van der Waals surface area contributed by atoms with Gasteiger partial charge in [0, 0.05) is 136 Å². The highest BCUT2D eigenvalue weighted by Gasteiger charge is 2.21. The van der Waals surface area contributed by atoms with Crippen LogP contribution in [0.2, 0.25) is 0 Å². The number of nitrogens with one attached hydrogen (secondary N) is 9. The fraction of sp³-hybridized carbons (Fsp3) is 0.458. The van der Waals surface area contributed by atoms with Crippen molar-refractivity contribution in [2.24, 2.45) is 35.2 Å². The second-order valence-electron chi connectivity index (χ2n) is 18.6. The average Bonchev–Trinajstić information content (AvgIpc) is 4.15. The summed E-state index contributed by atoms with van der Waals surface area (Å²) in [4.78, 5) is 126. The molecule has 0 radical (unpaired) electrons. The van der Waals surface area contributed by atoms with E-state index in [1.165, 1.54) is 33.8 Å². The van der Waals surface area contributed by atoms with E-state index in [-0.39, 0.29) is 73.7 Å². The molecule has 0 unspecified atom stereocenters. The van der Waals surface area contributed by atoms with E-state index in [1.807, 2.05) is 20.8 Å². The van der Waals surface area contributed by atoms with Gasteiger partial charge >= 0.3 is 6.09 Å². The van der Waals surface area contributed by atoms with Crippen LogP contribution in [0.4, 0.5) is 45.4 Å². The van der Waals surface area contributed by atoms with Gasteiger partial charge in [0.15, 0.2) is 17.5 Å². The molecule has 0 fully saturated rings. The van der Waals surface area contributed by atoms with Gasteiger partial charge < -0.3 is 70.1 Å². The first-order valence-corrected chi connectivity index (χ1v) is 24.2. The smallest absolute Gasteiger partial charge is 0.407 e. The van der Waals surface area contributed by atoms with Crippen LogP contribution >= 0.6 is 0 Å². The SMILES string of the molecule is Cn1cc(NC(=O)c2nc(NC(=O)CCC(=O)Nc3cc(NC(=O)c4nccn4C)cn3C)cn2C)cc1NC(=O)CCC(=O)Nc1cn(C)c(NC(=O)CCC(=O)NCCCCCCCNC(=O)OC(C)(C)C)n1. The number of ether oxygens (including phenoxy) is 1. The number of amides is 9. The number of nitrogens with zero attached hydrogens (tertiary/aromatic N) is 8. The minimum Gasteiger partial charge on any atom is -0.444 e. The van der Waals surface area contributed by atoms with E-state index < -0.39 is 53.0 Å². The first-order valence-electron chi connectivity index (χ1n) is 24.2. The highest BCUT2D eigenvalue weighted by atomic mass is 16.6. The molecule has 75 heavy (non-hydrogen) atoms. The molecule has 0 saturated heterocycles. The number of imidazole rings is 3. The lowest BCUT2D eigenvalue weighted by molar-refractivity contribution is -0.124. The Morgan fingerprint density at radius 2 is 0.933 bits per heavy atom. The van der Waals surface area contributed by atoms with Gasteiger partial charge in [0.05, 0.1) is 11.4 Å². The zero-order valence-corrected chi connectivity index (χ0v) is 43.5. The minimum atomic E-state index is -0.616. The van der Waals surface area contributed by atoms with Crippen LogP contribution < -0.4 is 47.9 Å².